The molecular formula is C13H21ClN2O2S2. The summed E-state index contributed by atoms with van der Waals surface area (Å²) in [5, 5.41) is 0. The molecule has 0 spiro atoms. The van der Waals surface area contributed by atoms with E-state index in [0.717, 1.165) is 37.4 Å². The SMILES string of the molecule is CCN1CCC(N(C)S(=O)(=O)c2ccc(CCl)s2)CC1. The van der Waals surface area contributed by atoms with Crippen molar-refractivity contribution in [2.45, 2.75) is 35.9 Å². The average Bonchev–Trinajstić information content (AvgIpc) is 2.96. The minimum Gasteiger partial charge on any atom is -0.303 e. The van der Waals surface area contributed by atoms with Crippen molar-refractivity contribution in [1.29, 1.82) is 0 Å². The molecule has 20 heavy (non-hydrogen) atoms. The van der Waals surface area contributed by atoms with E-state index in [0.29, 0.717) is 10.1 Å². The first kappa shape index (κ1) is 16.2. The van der Waals surface area contributed by atoms with Gasteiger partial charge in [0.05, 0.1) is 5.88 Å². The van der Waals surface area contributed by atoms with Crippen LogP contribution in [0.1, 0.15) is 24.6 Å². The van der Waals surface area contributed by atoms with E-state index in [1.165, 1.54) is 11.3 Å². The third-order valence-corrected chi connectivity index (χ3v) is 7.83. The maximum atomic E-state index is 12.6. The van der Waals surface area contributed by atoms with Crippen molar-refractivity contribution in [3.05, 3.63) is 17.0 Å². The van der Waals surface area contributed by atoms with Crippen LogP contribution in [-0.4, -0.2) is 50.3 Å². The summed E-state index contributed by atoms with van der Waals surface area (Å²) in [5.41, 5.74) is 0. The Morgan fingerprint density at radius 2 is 2.05 bits per heavy atom. The molecule has 2 heterocycles. The van der Waals surface area contributed by atoms with Crippen molar-refractivity contribution in [1.82, 2.24) is 9.21 Å². The zero-order valence-electron chi connectivity index (χ0n) is 11.9. The number of nitrogens with zero attached hydrogens (tertiary/aromatic N) is 2. The highest BCUT2D eigenvalue weighted by atomic mass is 35.5. The molecule has 0 radical (unpaired) electrons. The fraction of sp³-hybridized carbons (Fsp3) is 0.692. The van der Waals surface area contributed by atoms with Crippen LogP contribution in [0.4, 0.5) is 0 Å². The maximum absolute atomic E-state index is 12.6. The summed E-state index contributed by atoms with van der Waals surface area (Å²) in [6, 6.07) is 3.55. The molecule has 1 fully saturated rings. The first-order valence-electron chi connectivity index (χ1n) is 6.84. The summed E-state index contributed by atoms with van der Waals surface area (Å²) in [6.07, 6.45) is 1.80. The van der Waals surface area contributed by atoms with E-state index in [-0.39, 0.29) is 6.04 Å². The molecule has 2 rings (SSSR count). The van der Waals surface area contributed by atoms with E-state index < -0.39 is 10.0 Å². The third kappa shape index (κ3) is 3.36. The monoisotopic (exact) mass is 336 g/mol. The van der Waals surface area contributed by atoms with Gasteiger partial charge < -0.3 is 4.90 Å². The predicted octanol–water partition coefficient (Wildman–Crippen LogP) is 2.59. The van der Waals surface area contributed by atoms with Crippen LogP contribution >= 0.6 is 22.9 Å². The summed E-state index contributed by atoms with van der Waals surface area (Å²) in [6.45, 7) is 5.12. The Balaban J connectivity index is 2.09. The minimum absolute atomic E-state index is 0.101. The average molecular weight is 337 g/mol. The van der Waals surface area contributed by atoms with E-state index >= 15 is 0 Å². The second-order valence-electron chi connectivity index (χ2n) is 5.04. The van der Waals surface area contributed by atoms with Gasteiger partial charge in [0.2, 0.25) is 0 Å². The second kappa shape index (κ2) is 6.75. The minimum atomic E-state index is -3.38. The van der Waals surface area contributed by atoms with Gasteiger partial charge in [-0.1, -0.05) is 6.92 Å². The summed E-state index contributed by atoms with van der Waals surface area (Å²) < 4.78 is 27.1. The predicted molar refractivity (Wildman–Crippen MR) is 84.0 cm³/mol. The van der Waals surface area contributed by atoms with Gasteiger partial charge in [-0.2, -0.15) is 4.31 Å². The van der Waals surface area contributed by atoms with Gasteiger partial charge in [-0.15, -0.1) is 22.9 Å². The van der Waals surface area contributed by atoms with Crippen molar-refractivity contribution >= 4 is 33.0 Å². The molecule has 1 aromatic heterocycles. The lowest BCUT2D eigenvalue weighted by Crippen LogP contribution is -2.45. The lowest BCUT2D eigenvalue weighted by Gasteiger charge is -2.35. The number of hydrogen-bond donors (Lipinski definition) is 0. The molecule has 0 atom stereocenters. The highest BCUT2D eigenvalue weighted by molar-refractivity contribution is 7.91. The fourth-order valence-corrected chi connectivity index (χ4v) is 5.57. The molecule has 7 heteroatoms. The fourth-order valence-electron chi connectivity index (χ4n) is 2.51. The van der Waals surface area contributed by atoms with E-state index in [1.807, 2.05) is 0 Å². The Labute approximate surface area is 130 Å². The summed E-state index contributed by atoms with van der Waals surface area (Å²) in [5.74, 6) is 0.360. The number of rotatable bonds is 5. The third-order valence-electron chi connectivity index (χ3n) is 3.92. The molecule has 1 aliphatic heterocycles. The molecular weight excluding hydrogens is 316 g/mol. The lowest BCUT2D eigenvalue weighted by molar-refractivity contribution is 0.176. The van der Waals surface area contributed by atoms with Crippen LogP contribution in [0.25, 0.3) is 0 Å². The van der Waals surface area contributed by atoms with Gasteiger partial charge in [-0.25, -0.2) is 8.42 Å². The second-order valence-corrected chi connectivity index (χ2v) is 8.70. The van der Waals surface area contributed by atoms with Gasteiger partial charge in [0.25, 0.3) is 10.0 Å². The number of piperidine rings is 1. The maximum Gasteiger partial charge on any atom is 0.252 e. The highest BCUT2D eigenvalue weighted by Gasteiger charge is 2.31. The Kier molecular flexibility index (Phi) is 5.48. The molecule has 1 aromatic rings. The molecule has 0 bridgehead atoms. The molecule has 0 aromatic carbocycles. The van der Waals surface area contributed by atoms with Gasteiger partial charge in [-0.05, 0) is 44.6 Å². The molecule has 0 aliphatic carbocycles. The van der Waals surface area contributed by atoms with E-state index in [4.69, 9.17) is 11.6 Å². The summed E-state index contributed by atoms with van der Waals surface area (Å²) >= 11 is 7.01. The number of likely N-dealkylation sites (tertiary alicyclic amines) is 1. The molecule has 1 aliphatic rings. The van der Waals surface area contributed by atoms with Gasteiger partial charge >= 0.3 is 0 Å². The van der Waals surface area contributed by atoms with Crippen molar-refractivity contribution < 1.29 is 8.42 Å². The van der Waals surface area contributed by atoms with Crippen LogP contribution < -0.4 is 0 Å². The van der Waals surface area contributed by atoms with E-state index in [2.05, 4.69) is 11.8 Å². The van der Waals surface area contributed by atoms with Crippen LogP contribution in [0.15, 0.2) is 16.3 Å². The topological polar surface area (TPSA) is 40.6 Å². The Bertz CT molecular complexity index is 536. The van der Waals surface area contributed by atoms with Crippen molar-refractivity contribution in [3.8, 4) is 0 Å². The Morgan fingerprint density at radius 1 is 1.40 bits per heavy atom. The van der Waals surface area contributed by atoms with Gasteiger partial charge in [0, 0.05) is 18.0 Å². The lowest BCUT2D eigenvalue weighted by atomic mass is 10.1. The zero-order valence-corrected chi connectivity index (χ0v) is 14.3. The molecule has 4 nitrogen and oxygen atoms in total. The van der Waals surface area contributed by atoms with Crippen LogP contribution in [-0.2, 0) is 15.9 Å². The molecule has 0 amide bonds. The van der Waals surface area contributed by atoms with Gasteiger partial charge in [-0.3, -0.25) is 0 Å². The number of halogens is 1. The normalized spacial score (nSPS) is 18.8. The van der Waals surface area contributed by atoms with Crippen LogP contribution in [0, 0.1) is 0 Å². The highest BCUT2D eigenvalue weighted by Crippen LogP contribution is 2.28. The molecule has 114 valence electrons. The smallest absolute Gasteiger partial charge is 0.252 e. The number of alkyl halides is 1. The van der Waals surface area contributed by atoms with Gasteiger partial charge in [0.1, 0.15) is 4.21 Å². The molecule has 0 N–H and O–H groups in total. The standard InChI is InChI=1S/C13H21ClN2O2S2/c1-3-16-8-6-11(7-9-16)15(2)20(17,18)13-5-4-12(10-14)19-13/h4-5,11H,3,6-10H2,1-2H3. The first-order chi connectivity index (χ1) is 9.48. The number of sulfonamides is 1. The van der Waals surface area contributed by atoms with Crippen LogP contribution in [0.2, 0.25) is 0 Å². The van der Waals surface area contributed by atoms with Crippen LogP contribution in [0.5, 0.6) is 0 Å². The van der Waals surface area contributed by atoms with Crippen LogP contribution in [0.3, 0.4) is 0 Å². The number of thiophene rings is 1. The summed E-state index contributed by atoms with van der Waals surface area (Å²) in [7, 11) is -1.68. The quantitative estimate of drug-likeness (QED) is 0.776. The molecule has 1 saturated heterocycles. The largest absolute Gasteiger partial charge is 0.303 e. The van der Waals surface area contributed by atoms with Crippen molar-refractivity contribution in [3.63, 3.8) is 0 Å². The molecule has 0 unspecified atom stereocenters. The van der Waals surface area contributed by atoms with E-state index in [1.54, 1.807) is 23.5 Å². The first-order valence-corrected chi connectivity index (χ1v) is 9.63. The zero-order chi connectivity index (χ0) is 14.8. The van der Waals surface area contributed by atoms with E-state index in [9.17, 15) is 8.42 Å². The number of hydrogen-bond acceptors (Lipinski definition) is 4. The Hall–Kier alpha value is -0.140. The van der Waals surface area contributed by atoms with Crippen molar-refractivity contribution in [2.75, 3.05) is 26.7 Å². The van der Waals surface area contributed by atoms with Crippen molar-refractivity contribution in [2.24, 2.45) is 0 Å². The molecule has 0 saturated carbocycles. The Morgan fingerprint density at radius 3 is 2.55 bits per heavy atom. The summed E-state index contributed by atoms with van der Waals surface area (Å²) in [4.78, 5) is 3.24. The van der Waals surface area contributed by atoms with Gasteiger partial charge in [0.15, 0.2) is 0 Å².